The zero-order chi connectivity index (χ0) is 27.0. The van der Waals surface area contributed by atoms with Gasteiger partial charge in [0.1, 0.15) is 11.5 Å². The van der Waals surface area contributed by atoms with E-state index in [1.807, 2.05) is 30.3 Å². The molecule has 4 heteroatoms. The molecule has 0 heterocycles. The topological polar surface area (TPSA) is 55.8 Å². The van der Waals surface area contributed by atoms with Crippen LogP contribution < -0.4 is 9.47 Å². The highest BCUT2D eigenvalue weighted by atomic mass is 16.5. The van der Waals surface area contributed by atoms with Crippen LogP contribution in [-0.2, 0) is 0 Å². The van der Waals surface area contributed by atoms with Gasteiger partial charge in [-0.15, -0.1) is 0 Å². The van der Waals surface area contributed by atoms with E-state index >= 15 is 0 Å². The normalized spacial score (nSPS) is 17.3. The van der Waals surface area contributed by atoms with Crippen LogP contribution in [0.2, 0.25) is 0 Å². The summed E-state index contributed by atoms with van der Waals surface area (Å²) in [5.41, 5.74) is 1.82. The first-order chi connectivity index (χ1) is 18.6. The van der Waals surface area contributed by atoms with E-state index in [-0.39, 0.29) is 5.56 Å². The van der Waals surface area contributed by atoms with Crippen LogP contribution in [0.15, 0.2) is 42.5 Å². The summed E-state index contributed by atoms with van der Waals surface area (Å²) >= 11 is 0. The van der Waals surface area contributed by atoms with Gasteiger partial charge in [-0.2, -0.15) is 0 Å². The quantitative estimate of drug-likeness (QED) is 0.198. The van der Waals surface area contributed by atoms with E-state index in [2.05, 4.69) is 13.8 Å². The lowest BCUT2D eigenvalue weighted by atomic mass is 9.78. The fourth-order valence-electron chi connectivity index (χ4n) is 5.72. The van der Waals surface area contributed by atoms with E-state index in [1.54, 1.807) is 12.1 Å². The van der Waals surface area contributed by atoms with Crippen molar-refractivity contribution in [1.82, 2.24) is 0 Å². The van der Waals surface area contributed by atoms with Gasteiger partial charge < -0.3 is 14.6 Å². The minimum atomic E-state index is -0.932. The van der Waals surface area contributed by atoms with Gasteiger partial charge in [-0.3, -0.25) is 0 Å². The lowest BCUT2D eigenvalue weighted by Crippen LogP contribution is -2.15. The Kier molecular flexibility index (Phi) is 13.6. The summed E-state index contributed by atoms with van der Waals surface area (Å²) in [5.74, 6) is 2.45. The second-order valence-electron chi connectivity index (χ2n) is 11.2. The van der Waals surface area contributed by atoms with Crippen molar-refractivity contribution in [2.45, 2.75) is 110 Å². The highest BCUT2D eigenvalue weighted by Crippen LogP contribution is 2.34. The predicted molar refractivity (Wildman–Crippen MR) is 157 cm³/mol. The average Bonchev–Trinajstić information content (AvgIpc) is 2.94. The molecule has 0 spiro atoms. The molecule has 1 aliphatic rings. The summed E-state index contributed by atoms with van der Waals surface area (Å²) in [6, 6.07) is 13.0. The number of carbonyl (C=O) groups is 1. The summed E-state index contributed by atoms with van der Waals surface area (Å²) in [5, 5.41) is 9.68. The molecule has 0 saturated heterocycles. The third-order valence-electron chi connectivity index (χ3n) is 8.11. The molecule has 0 atom stereocenters. The Hall–Kier alpha value is -2.49. The Balaban J connectivity index is 1.40. The molecular weight excluding hydrogens is 472 g/mol. The Labute approximate surface area is 231 Å². The molecule has 2 aromatic carbocycles. The van der Waals surface area contributed by atoms with Crippen LogP contribution in [0.3, 0.4) is 0 Å². The predicted octanol–water partition coefficient (Wildman–Crippen LogP) is 9.95. The van der Waals surface area contributed by atoms with Gasteiger partial charge in [0.2, 0.25) is 0 Å². The van der Waals surface area contributed by atoms with E-state index in [4.69, 9.17) is 9.47 Å². The highest BCUT2D eigenvalue weighted by molar-refractivity contribution is 5.96. The minimum Gasteiger partial charge on any atom is -0.494 e. The average molecular weight is 523 g/mol. The lowest BCUT2D eigenvalue weighted by molar-refractivity contribution is 0.0697. The maximum Gasteiger partial charge on any atom is 0.336 e. The molecule has 1 fully saturated rings. The third-order valence-corrected chi connectivity index (χ3v) is 8.11. The molecule has 3 rings (SSSR count). The number of carboxylic acid groups (broad SMARTS) is 1. The van der Waals surface area contributed by atoms with Crippen molar-refractivity contribution in [2.75, 3.05) is 13.2 Å². The number of aromatic carboxylic acids is 1. The van der Waals surface area contributed by atoms with E-state index in [0.717, 1.165) is 55.4 Å². The van der Waals surface area contributed by atoms with Gasteiger partial charge in [0.15, 0.2) is 0 Å². The van der Waals surface area contributed by atoms with E-state index in [0.29, 0.717) is 17.9 Å². The Morgan fingerprint density at radius 2 is 1.26 bits per heavy atom. The molecule has 1 aliphatic carbocycles. The molecule has 1 N–H and O–H groups in total. The van der Waals surface area contributed by atoms with Gasteiger partial charge in [-0.25, -0.2) is 4.79 Å². The lowest BCUT2D eigenvalue weighted by Gasteiger charge is -2.28. The first-order valence-electron chi connectivity index (χ1n) is 15.3. The molecule has 210 valence electrons. The Bertz CT molecular complexity index is 928. The number of carboxylic acids is 1. The zero-order valence-electron chi connectivity index (χ0n) is 23.9. The molecule has 0 aliphatic heterocycles. The van der Waals surface area contributed by atoms with E-state index in [1.165, 1.54) is 70.6 Å². The summed E-state index contributed by atoms with van der Waals surface area (Å²) in [6.45, 7) is 5.83. The van der Waals surface area contributed by atoms with Gasteiger partial charge in [0.05, 0.1) is 18.8 Å². The number of ether oxygens (including phenoxy) is 2. The fourth-order valence-corrected chi connectivity index (χ4v) is 5.72. The van der Waals surface area contributed by atoms with Crippen molar-refractivity contribution < 1.29 is 19.4 Å². The zero-order valence-corrected chi connectivity index (χ0v) is 23.9. The van der Waals surface area contributed by atoms with Crippen LogP contribution in [-0.4, -0.2) is 24.3 Å². The van der Waals surface area contributed by atoms with Crippen LogP contribution in [0, 0.1) is 11.8 Å². The van der Waals surface area contributed by atoms with Crippen molar-refractivity contribution in [3.63, 3.8) is 0 Å². The van der Waals surface area contributed by atoms with E-state index < -0.39 is 5.97 Å². The molecule has 38 heavy (non-hydrogen) atoms. The minimum absolute atomic E-state index is 0.283. The number of unbranched alkanes of at least 4 members (excludes halogenated alkanes) is 6. The SMILES string of the molecule is CCCCCCCC1CCC(CCCOc2ccc(-c3cc(OCCCCC)ccc3C(=O)O)cc2)CC1. The highest BCUT2D eigenvalue weighted by Gasteiger charge is 2.20. The maximum atomic E-state index is 11.8. The standard InChI is InChI=1S/C34H50O4/c1-3-5-7-8-9-12-27-14-16-28(17-15-27)13-11-25-37-30-20-18-29(19-21-30)33-26-31(38-24-10-6-4-2)22-23-32(33)34(35)36/h18-23,26-28H,3-17,24-25H2,1-2H3,(H,35,36). The van der Waals surface area contributed by atoms with Crippen LogP contribution in [0.4, 0.5) is 0 Å². The monoisotopic (exact) mass is 522 g/mol. The van der Waals surface area contributed by atoms with Gasteiger partial charge in [-0.05, 0) is 72.6 Å². The number of hydrogen-bond donors (Lipinski definition) is 1. The van der Waals surface area contributed by atoms with Crippen molar-refractivity contribution >= 4 is 5.97 Å². The summed E-state index contributed by atoms with van der Waals surface area (Å²) in [6.07, 6.45) is 19.7. The molecule has 0 bridgehead atoms. The first kappa shape index (κ1) is 30.1. The van der Waals surface area contributed by atoms with Crippen molar-refractivity contribution in [2.24, 2.45) is 11.8 Å². The Morgan fingerprint density at radius 1 is 0.711 bits per heavy atom. The summed E-state index contributed by atoms with van der Waals surface area (Å²) in [4.78, 5) is 11.8. The van der Waals surface area contributed by atoms with Crippen molar-refractivity contribution in [3.8, 4) is 22.6 Å². The molecule has 1 saturated carbocycles. The van der Waals surface area contributed by atoms with Crippen LogP contribution in [0.5, 0.6) is 11.5 Å². The molecular formula is C34H50O4. The van der Waals surface area contributed by atoms with Crippen molar-refractivity contribution in [1.29, 1.82) is 0 Å². The molecule has 4 nitrogen and oxygen atoms in total. The number of rotatable bonds is 18. The Morgan fingerprint density at radius 3 is 1.92 bits per heavy atom. The maximum absolute atomic E-state index is 11.8. The summed E-state index contributed by atoms with van der Waals surface area (Å²) in [7, 11) is 0. The van der Waals surface area contributed by atoms with Crippen LogP contribution in [0.25, 0.3) is 11.1 Å². The molecule has 0 radical (unpaired) electrons. The van der Waals surface area contributed by atoms with Crippen LogP contribution in [0.1, 0.15) is 121 Å². The fraction of sp³-hybridized carbons (Fsp3) is 0.618. The third kappa shape index (κ3) is 10.3. The largest absolute Gasteiger partial charge is 0.494 e. The number of hydrogen-bond acceptors (Lipinski definition) is 3. The molecule has 0 aromatic heterocycles. The second kappa shape index (κ2) is 17.2. The first-order valence-corrected chi connectivity index (χ1v) is 15.3. The van der Waals surface area contributed by atoms with Gasteiger partial charge in [0.25, 0.3) is 0 Å². The number of benzene rings is 2. The smallest absolute Gasteiger partial charge is 0.336 e. The molecule has 0 unspecified atom stereocenters. The van der Waals surface area contributed by atoms with E-state index in [9.17, 15) is 9.90 Å². The molecule has 0 amide bonds. The second-order valence-corrected chi connectivity index (χ2v) is 11.2. The van der Waals surface area contributed by atoms with Crippen LogP contribution >= 0.6 is 0 Å². The molecule has 2 aromatic rings. The van der Waals surface area contributed by atoms with Gasteiger partial charge in [-0.1, -0.05) is 103 Å². The van der Waals surface area contributed by atoms with Crippen molar-refractivity contribution in [3.05, 3.63) is 48.0 Å². The van der Waals surface area contributed by atoms with Gasteiger partial charge >= 0.3 is 5.97 Å². The van der Waals surface area contributed by atoms with Gasteiger partial charge in [0, 0.05) is 0 Å². The summed E-state index contributed by atoms with van der Waals surface area (Å²) < 4.78 is 11.9.